The normalized spacial score (nSPS) is 11.9. The number of aromatic nitrogens is 2. The van der Waals surface area contributed by atoms with E-state index in [9.17, 15) is 9.59 Å². The molecule has 0 saturated heterocycles. The molecule has 3 aromatic carbocycles. The van der Waals surface area contributed by atoms with Crippen LogP contribution < -0.4 is 5.32 Å². The third kappa shape index (κ3) is 4.95. The van der Waals surface area contributed by atoms with Crippen molar-refractivity contribution in [2.45, 2.75) is 40.2 Å². The second-order valence-electron chi connectivity index (χ2n) is 8.29. The Morgan fingerprint density at radius 1 is 0.970 bits per heavy atom. The van der Waals surface area contributed by atoms with Gasteiger partial charge in [0.05, 0.1) is 16.6 Å². The smallest absolute Gasteiger partial charge is 0.338 e. The summed E-state index contributed by atoms with van der Waals surface area (Å²) in [6.07, 6.45) is -0.523. The zero-order valence-corrected chi connectivity index (χ0v) is 19.2. The van der Waals surface area contributed by atoms with Crippen molar-refractivity contribution < 1.29 is 14.3 Å². The van der Waals surface area contributed by atoms with E-state index in [-0.39, 0.29) is 5.91 Å². The fourth-order valence-corrected chi connectivity index (χ4v) is 3.59. The van der Waals surface area contributed by atoms with Gasteiger partial charge < -0.3 is 15.0 Å². The molecule has 0 aliphatic heterocycles. The molecule has 0 aliphatic carbocycles. The number of carbonyl (C=O) groups is 2. The van der Waals surface area contributed by atoms with Gasteiger partial charge in [-0.1, -0.05) is 48.9 Å². The van der Waals surface area contributed by atoms with Crippen LogP contribution in [-0.2, 0) is 9.53 Å². The number of ether oxygens (including phenoxy) is 1. The molecule has 0 bridgehead atoms. The standard InChI is InChI=1S/C27H27N3O3/c1-5-24(26(31)30-22-14-17(3)6-9-18(22)4)33-27(32)20-12-13-21-23(15-20)29-25(28-21)19-10-7-16(2)8-11-19/h6-15,24H,5H2,1-4H3,(H,28,29)(H,30,31). The topological polar surface area (TPSA) is 84.1 Å². The van der Waals surface area contributed by atoms with Gasteiger partial charge in [0.2, 0.25) is 0 Å². The van der Waals surface area contributed by atoms with Crippen LogP contribution in [0, 0.1) is 20.8 Å². The van der Waals surface area contributed by atoms with E-state index in [1.54, 1.807) is 18.2 Å². The number of hydrogen-bond acceptors (Lipinski definition) is 4. The number of imidazole rings is 1. The van der Waals surface area contributed by atoms with Gasteiger partial charge in [-0.05, 0) is 62.6 Å². The zero-order valence-electron chi connectivity index (χ0n) is 19.2. The number of aromatic amines is 1. The van der Waals surface area contributed by atoms with Crippen LogP contribution in [0.5, 0.6) is 0 Å². The monoisotopic (exact) mass is 441 g/mol. The molecule has 6 heteroatoms. The molecule has 0 fully saturated rings. The number of amides is 1. The van der Waals surface area contributed by atoms with E-state index >= 15 is 0 Å². The minimum absolute atomic E-state index is 0.344. The molecule has 4 rings (SSSR count). The number of nitrogens with one attached hydrogen (secondary N) is 2. The number of benzene rings is 3. The predicted octanol–water partition coefficient (Wildman–Crippen LogP) is 5.73. The summed E-state index contributed by atoms with van der Waals surface area (Å²) in [6, 6.07) is 19.0. The maximum absolute atomic E-state index is 12.8. The lowest BCUT2D eigenvalue weighted by Crippen LogP contribution is -2.32. The highest BCUT2D eigenvalue weighted by molar-refractivity contribution is 5.99. The maximum Gasteiger partial charge on any atom is 0.338 e. The van der Waals surface area contributed by atoms with Crippen molar-refractivity contribution in [1.29, 1.82) is 0 Å². The molecule has 0 saturated carbocycles. The molecule has 1 aromatic heterocycles. The van der Waals surface area contributed by atoms with E-state index in [1.807, 2.05) is 70.2 Å². The van der Waals surface area contributed by atoms with E-state index in [0.717, 1.165) is 39.2 Å². The van der Waals surface area contributed by atoms with Crippen LogP contribution in [0.4, 0.5) is 5.69 Å². The Morgan fingerprint density at radius 2 is 1.70 bits per heavy atom. The number of hydrogen-bond donors (Lipinski definition) is 2. The Hall–Kier alpha value is -3.93. The molecular formula is C27H27N3O3. The van der Waals surface area contributed by atoms with Crippen molar-refractivity contribution in [3.8, 4) is 11.4 Å². The highest BCUT2D eigenvalue weighted by atomic mass is 16.5. The molecule has 1 unspecified atom stereocenters. The van der Waals surface area contributed by atoms with Crippen molar-refractivity contribution in [2.24, 2.45) is 0 Å². The van der Waals surface area contributed by atoms with Crippen molar-refractivity contribution in [1.82, 2.24) is 9.97 Å². The van der Waals surface area contributed by atoms with Crippen LogP contribution in [0.3, 0.4) is 0 Å². The number of rotatable bonds is 6. The Bertz CT molecular complexity index is 1320. The summed E-state index contributed by atoms with van der Waals surface area (Å²) in [5.74, 6) is -0.162. The van der Waals surface area contributed by atoms with Crippen molar-refractivity contribution in [3.05, 3.63) is 82.9 Å². The van der Waals surface area contributed by atoms with E-state index in [4.69, 9.17) is 4.74 Å². The highest BCUT2D eigenvalue weighted by Crippen LogP contribution is 2.23. The van der Waals surface area contributed by atoms with Gasteiger partial charge in [-0.25, -0.2) is 9.78 Å². The van der Waals surface area contributed by atoms with Crippen molar-refractivity contribution in [2.75, 3.05) is 5.32 Å². The third-order valence-corrected chi connectivity index (χ3v) is 5.61. The number of carbonyl (C=O) groups excluding carboxylic acids is 2. The van der Waals surface area contributed by atoms with Crippen LogP contribution in [0.2, 0.25) is 0 Å². The summed E-state index contributed by atoms with van der Waals surface area (Å²) in [4.78, 5) is 33.5. The second kappa shape index (κ2) is 9.28. The molecule has 2 N–H and O–H groups in total. The van der Waals surface area contributed by atoms with Gasteiger partial charge in [-0.3, -0.25) is 4.79 Å². The summed E-state index contributed by atoms with van der Waals surface area (Å²) >= 11 is 0. The molecule has 0 radical (unpaired) electrons. The van der Waals surface area contributed by atoms with Crippen LogP contribution in [-0.4, -0.2) is 27.9 Å². The quantitative estimate of drug-likeness (QED) is 0.374. The lowest BCUT2D eigenvalue weighted by Gasteiger charge is -2.17. The first-order valence-corrected chi connectivity index (χ1v) is 11.0. The summed E-state index contributed by atoms with van der Waals surface area (Å²) in [5, 5.41) is 2.88. The van der Waals surface area contributed by atoms with E-state index in [2.05, 4.69) is 15.3 Å². The highest BCUT2D eigenvalue weighted by Gasteiger charge is 2.23. The average Bonchev–Trinajstić information content (AvgIpc) is 3.23. The molecular weight excluding hydrogens is 414 g/mol. The van der Waals surface area contributed by atoms with Gasteiger partial charge in [0.1, 0.15) is 5.82 Å². The van der Waals surface area contributed by atoms with Gasteiger partial charge in [0, 0.05) is 11.3 Å². The van der Waals surface area contributed by atoms with E-state index in [0.29, 0.717) is 12.0 Å². The van der Waals surface area contributed by atoms with Crippen LogP contribution in [0.25, 0.3) is 22.4 Å². The first-order chi connectivity index (χ1) is 15.8. The number of anilines is 1. The fraction of sp³-hybridized carbons (Fsp3) is 0.222. The van der Waals surface area contributed by atoms with E-state index < -0.39 is 12.1 Å². The fourth-order valence-electron chi connectivity index (χ4n) is 3.59. The third-order valence-electron chi connectivity index (χ3n) is 5.61. The minimum Gasteiger partial charge on any atom is -0.449 e. The summed E-state index contributed by atoms with van der Waals surface area (Å²) in [6.45, 7) is 7.73. The first kappa shape index (κ1) is 22.3. The zero-order chi connectivity index (χ0) is 23.5. The maximum atomic E-state index is 12.8. The molecule has 1 atom stereocenters. The van der Waals surface area contributed by atoms with Crippen LogP contribution in [0.15, 0.2) is 60.7 Å². The van der Waals surface area contributed by atoms with Crippen molar-refractivity contribution in [3.63, 3.8) is 0 Å². The van der Waals surface area contributed by atoms with Gasteiger partial charge in [-0.15, -0.1) is 0 Å². The summed E-state index contributed by atoms with van der Waals surface area (Å²) in [5.41, 5.74) is 6.69. The molecule has 0 spiro atoms. The Balaban J connectivity index is 1.50. The Kier molecular flexibility index (Phi) is 6.27. The van der Waals surface area contributed by atoms with Crippen LogP contribution in [0.1, 0.15) is 40.4 Å². The SMILES string of the molecule is CCC(OC(=O)c1ccc2nc(-c3ccc(C)cc3)[nH]c2c1)C(=O)Nc1cc(C)ccc1C. The number of aryl methyl sites for hydroxylation is 3. The van der Waals surface area contributed by atoms with Gasteiger partial charge in [-0.2, -0.15) is 0 Å². The number of fused-ring (bicyclic) bond motifs is 1. The van der Waals surface area contributed by atoms with E-state index in [1.165, 1.54) is 5.56 Å². The lowest BCUT2D eigenvalue weighted by molar-refractivity contribution is -0.124. The predicted molar refractivity (Wildman–Crippen MR) is 130 cm³/mol. The number of esters is 1. The number of nitrogens with zero attached hydrogens (tertiary/aromatic N) is 1. The summed E-state index contributed by atoms with van der Waals surface area (Å²) < 4.78 is 5.56. The molecule has 1 amide bonds. The van der Waals surface area contributed by atoms with Gasteiger partial charge in [0.25, 0.3) is 5.91 Å². The molecule has 33 heavy (non-hydrogen) atoms. The Morgan fingerprint density at radius 3 is 2.42 bits per heavy atom. The molecule has 6 nitrogen and oxygen atoms in total. The molecule has 0 aliphatic rings. The molecule has 168 valence electrons. The molecule has 1 heterocycles. The largest absolute Gasteiger partial charge is 0.449 e. The minimum atomic E-state index is -0.891. The first-order valence-electron chi connectivity index (χ1n) is 11.0. The lowest BCUT2D eigenvalue weighted by atomic mass is 10.1. The summed E-state index contributed by atoms with van der Waals surface area (Å²) in [7, 11) is 0. The number of H-pyrrole nitrogens is 1. The van der Waals surface area contributed by atoms with Crippen LogP contribution >= 0.6 is 0 Å². The second-order valence-corrected chi connectivity index (χ2v) is 8.29. The van der Waals surface area contributed by atoms with Gasteiger partial charge in [0.15, 0.2) is 6.10 Å². The Labute approximate surface area is 193 Å². The average molecular weight is 442 g/mol. The molecule has 4 aromatic rings. The van der Waals surface area contributed by atoms with Crippen molar-refractivity contribution >= 4 is 28.6 Å². The van der Waals surface area contributed by atoms with Gasteiger partial charge >= 0.3 is 5.97 Å².